The summed E-state index contributed by atoms with van der Waals surface area (Å²) in [5, 5.41) is 4.31. The molecule has 0 unspecified atom stereocenters. The molecule has 0 saturated carbocycles. The minimum absolute atomic E-state index is 0.0812. The van der Waals surface area contributed by atoms with Gasteiger partial charge in [-0.15, -0.1) is 0 Å². The summed E-state index contributed by atoms with van der Waals surface area (Å²) in [6.07, 6.45) is 2.30. The number of thiazole rings is 1. The van der Waals surface area contributed by atoms with Crippen LogP contribution in [0.15, 0.2) is 34.2 Å². The molecule has 4 rings (SSSR count). The van der Waals surface area contributed by atoms with Gasteiger partial charge in [0.05, 0.1) is 5.75 Å². The summed E-state index contributed by atoms with van der Waals surface area (Å²) < 4.78 is 2.21. The minimum atomic E-state index is -0.127. The molecule has 1 N–H and O–H groups in total. The third-order valence-electron chi connectivity index (χ3n) is 4.91. The minimum Gasteiger partial charge on any atom is -0.348 e. The van der Waals surface area contributed by atoms with E-state index in [1.807, 2.05) is 38.1 Å². The molecule has 152 valence electrons. The summed E-state index contributed by atoms with van der Waals surface area (Å²) >= 11 is 2.68. The van der Waals surface area contributed by atoms with E-state index >= 15 is 0 Å². The van der Waals surface area contributed by atoms with Gasteiger partial charge >= 0.3 is 0 Å². The normalized spacial score (nSPS) is 13.9. The van der Waals surface area contributed by atoms with Crippen LogP contribution >= 0.6 is 23.1 Å². The van der Waals surface area contributed by atoms with Gasteiger partial charge < -0.3 is 10.2 Å². The molecule has 2 aromatic heterocycles. The number of para-hydroxylation sites is 1. The molecule has 0 bridgehead atoms. The summed E-state index contributed by atoms with van der Waals surface area (Å²) in [5.74, 6) is 0.0485. The lowest BCUT2D eigenvalue weighted by molar-refractivity contribution is -0.113. The molecule has 0 spiro atoms. The van der Waals surface area contributed by atoms with Crippen molar-refractivity contribution in [1.29, 1.82) is 0 Å². The fraction of sp³-hybridized carbons (Fsp3) is 0.400. The molecule has 3 aromatic rings. The Morgan fingerprint density at radius 2 is 2.00 bits per heavy atom. The Bertz CT molecular complexity index is 1100. The van der Waals surface area contributed by atoms with Crippen LogP contribution in [-0.4, -0.2) is 39.3 Å². The Morgan fingerprint density at radius 1 is 1.24 bits per heavy atom. The fourth-order valence-electron chi connectivity index (χ4n) is 3.34. The number of benzene rings is 1. The van der Waals surface area contributed by atoms with Crippen LogP contribution in [0, 0.1) is 6.92 Å². The van der Waals surface area contributed by atoms with Crippen LogP contribution < -0.4 is 15.8 Å². The van der Waals surface area contributed by atoms with Crippen molar-refractivity contribution in [3.63, 3.8) is 0 Å². The quantitative estimate of drug-likeness (QED) is 0.477. The number of nitrogens with zero attached hydrogens (tertiary/aromatic N) is 4. The van der Waals surface area contributed by atoms with Crippen molar-refractivity contribution in [3.05, 3.63) is 40.2 Å². The first-order valence-corrected chi connectivity index (χ1v) is 11.5. The van der Waals surface area contributed by atoms with E-state index in [1.54, 1.807) is 4.57 Å². The highest BCUT2D eigenvalue weighted by molar-refractivity contribution is 7.99. The van der Waals surface area contributed by atoms with E-state index in [-0.39, 0.29) is 17.2 Å². The maximum atomic E-state index is 12.9. The standard InChI is InChI=1S/C20H23N5O2S2/c1-3-25-18(27)16-17(22-19(29-16)24-10-6-7-11-24)23-20(25)28-12-15(26)21-14-9-5-4-8-13(14)2/h4-5,8-9H,3,6-7,10-12H2,1-2H3,(H,21,26). The lowest BCUT2D eigenvalue weighted by Gasteiger charge is -2.11. The summed E-state index contributed by atoms with van der Waals surface area (Å²) in [7, 11) is 0. The highest BCUT2D eigenvalue weighted by Crippen LogP contribution is 2.29. The largest absolute Gasteiger partial charge is 0.348 e. The molecule has 9 heteroatoms. The van der Waals surface area contributed by atoms with Gasteiger partial charge in [0.1, 0.15) is 4.70 Å². The molecule has 0 aliphatic carbocycles. The van der Waals surface area contributed by atoms with E-state index in [0.29, 0.717) is 22.0 Å². The third kappa shape index (κ3) is 4.16. The smallest absolute Gasteiger partial charge is 0.273 e. The fourth-order valence-corrected chi connectivity index (χ4v) is 5.20. The van der Waals surface area contributed by atoms with Crippen molar-refractivity contribution in [2.45, 2.75) is 38.4 Å². The summed E-state index contributed by atoms with van der Waals surface area (Å²) in [4.78, 5) is 36.8. The number of thioether (sulfide) groups is 1. The molecule has 7 nitrogen and oxygen atoms in total. The molecule has 1 amide bonds. The van der Waals surface area contributed by atoms with Crippen LogP contribution in [0.4, 0.5) is 10.8 Å². The third-order valence-corrected chi connectivity index (χ3v) is 6.98. The first-order chi connectivity index (χ1) is 14.1. The Hall–Kier alpha value is -2.39. The number of fused-ring (bicyclic) bond motifs is 1. The Morgan fingerprint density at radius 3 is 2.72 bits per heavy atom. The van der Waals surface area contributed by atoms with E-state index in [0.717, 1.165) is 42.3 Å². The van der Waals surface area contributed by atoms with Crippen molar-refractivity contribution in [2.24, 2.45) is 0 Å². The van der Waals surface area contributed by atoms with Crippen molar-refractivity contribution in [2.75, 3.05) is 29.1 Å². The predicted octanol–water partition coefficient (Wildman–Crippen LogP) is 3.51. The van der Waals surface area contributed by atoms with Gasteiger partial charge in [-0.05, 0) is 38.3 Å². The van der Waals surface area contributed by atoms with Crippen LogP contribution in [0.2, 0.25) is 0 Å². The first-order valence-electron chi connectivity index (χ1n) is 9.71. The van der Waals surface area contributed by atoms with Gasteiger partial charge in [-0.3, -0.25) is 14.2 Å². The highest BCUT2D eigenvalue weighted by atomic mass is 32.2. The zero-order valence-corrected chi connectivity index (χ0v) is 18.1. The van der Waals surface area contributed by atoms with E-state index in [4.69, 9.17) is 0 Å². The Balaban J connectivity index is 1.55. The Kier molecular flexibility index (Phi) is 5.86. The number of aromatic nitrogens is 3. The van der Waals surface area contributed by atoms with Crippen molar-refractivity contribution in [1.82, 2.24) is 14.5 Å². The van der Waals surface area contributed by atoms with Gasteiger partial charge in [0.2, 0.25) is 5.91 Å². The molecular weight excluding hydrogens is 406 g/mol. The zero-order chi connectivity index (χ0) is 20.4. The first kappa shape index (κ1) is 19.9. The molecule has 0 radical (unpaired) electrons. The van der Waals surface area contributed by atoms with Crippen molar-refractivity contribution in [3.8, 4) is 0 Å². The van der Waals surface area contributed by atoms with Crippen LogP contribution in [0.1, 0.15) is 25.3 Å². The van der Waals surface area contributed by atoms with Gasteiger partial charge in [-0.2, -0.15) is 4.98 Å². The second kappa shape index (κ2) is 8.54. The van der Waals surface area contributed by atoms with Crippen LogP contribution in [0.5, 0.6) is 0 Å². The van der Waals surface area contributed by atoms with Crippen LogP contribution in [-0.2, 0) is 11.3 Å². The van der Waals surface area contributed by atoms with Crippen molar-refractivity contribution >= 4 is 50.2 Å². The highest BCUT2D eigenvalue weighted by Gasteiger charge is 2.20. The average Bonchev–Trinajstić information content (AvgIpc) is 3.38. The predicted molar refractivity (Wildman–Crippen MR) is 119 cm³/mol. The lowest BCUT2D eigenvalue weighted by atomic mass is 10.2. The summed E-state index contributed by atoms with van der Waals surface area (Å²) in [6, 6.07) is 7.65. The molecule has 0 atom stereocenters. The van der Waals surface area contributed by atoms with E-state index in [1.165, 1.54) is 23.1 Å². The number of anilines is 2. The van der Waals surface area contributed by atoms with E-state index in [2.05, 4.69) is 20.2 Å². The van der Waals surface area contributed by atoms with E-state index < -0.39 is 0 Å². The van der Waals surface area contributed by atoms with Gasteiger partial charge in [-0.25, -0.2) is 4.98 Å². The number of nitrogens with one attached hydrogen (secondary N) is 1. The second-order valence-corrected chi connectivity index (χ2v) is 8.86. The van der Waals surface area contributed by atoms with Gasteiger partial charge in [0, 0.05) is 25.3 Å². The van der Waals surface area contributed by atoms with Crippen LogP contribution in [0.3, 0.4) is 0 Å². The molecule has 1 fully saturated rings. The maximum Gasteiger partial charge on any atom is 0.273 e. The molecule has 1 aliphatic rings. The molecule has 1 aliphatic heterocycles. The number of rotatable bonds is 6. The average molecular weight is 430 g/mol. The van der Waals surface area contributed by atoms with Gasteiger partial charge in [0.15, 0.2) is 15.9 Å². The molecule has 1 saturated heterocycles. The topological polar surface area (TPSA) is 80.1 Å². The number of hydrogen-bond acceptors (Lipinski definition) is 7. The summed E-state index contributed by atoms with van der Waals surface area (Å²) in [6.45, 7) is 6.31. The summed E-state index contributed by atoms with van der Waals surface area (Å²) in [5.41, 5.74) is 2.20. The molecular formula is C20H23N5O2S2. The SMILES string of the molecule is CCn1c(SCC(=O)Nc2ccccc2C)nc2nc(N3CCCC3)sc2c1=O. The van der Waals surface area contributed by atoms with Crippen LogP contribution in [0.25, 0.3) is 10.3 Å². The molecule has 1 aromatic carbocycles. The van der Waals surface area contributed by atoms with Crippen molar-refractivity contribution < 1.29 is 4.79 Å². The number of amides is 1. The van der Waals surface area contributed by atoms with Gasteiger partial charge in [0.25, 0.3) is 5.56 Å². The van der Waals surface area contributed by atoms with E-state index in [9.17, 15) is 9.59 Å². The van der Waals surface area contributed by atoms with Gasteiger partial charge in [-0.1, -0.05) is 41.3 Å². The maximum absolute atomic E-state index is 12.9. The monoisotopic (exact) mass is 429 g/mol. The number of aryl methyl sites for hydroxylation is 1. The Labute approximate surface area is 177 Å². The number of hydrogen-bond donors (Lipinski definition) is 1. The number of carbonyl (C=O) groups excluding carboxylic acids is 1. The molecule has 3 heterocycles. The lowest BCUT2D eigenvalue weighted by Crippen LogP contribution is -2.23. The zero-order valence-electron chi connectivity index (χ0n) is 16.5. The second-order valence-electron chi connectivity index (χ2n) is 6.94. The molecule has 29 heavy (non-hydrogen) atoms. The number of carbonyl (C=O) groups is 1.